The van der Waals surface area contributed by atoms with Gasteiger partial charge in [-0.15, -0.1) is 0 Å². The van der Waals surface area contributed by atoms with Crippen molar-refractivity contribution >= 4 is 11.8 Å². The number of benzene rings is 1. The lowest BCUT2D eigenvalue weighted by Crippen LogP contribution is -2.48. The molecule has 0 aliphatic carbocycles. The van der Waals surface area contributed by atoms with Crippen LogP contribution >= 0.6 is 0 Å². The molecule has 1 N–H and O–H groups in total. The van der Waals surface area contributed by atoms with Gasteiger partial charge in [-0.1, -0.05) is 12.1 Å². The predicted molar refractivity (Wildman–Crippen MR) is 105 cm³/mol. The van der Waals surface area contributed by atoms with E-state index in [1.807, 2.05) is 11.0 Å². The molecular weight excluding hydrogens is 397 g/mol. The number of rotatable bonds is 5. The number of piperazine rings is 1. The third kappa shape index (κ3) is 5.20. The molecule has 9 heteroatoms. The highest BCUT2D eigenvalue weighted by Crippen LogP contribution is 2.29. The van der Waals surface area contributed by atoms with Gasteiger partial charge in [-0.25, -0.2) is 0 Å². The molecule has 1 aromatic heterocycles. The first kappa shape index (κ1) is 21.9. The van der Waals surface area contributed by atoms with E-state index < -0.39 is 11.7 Å². The molecule has 1 aliphatic rings. The van der Waals surface area contributed by atoms with Crippen molar-refractivity contribution in [2.75, 3.05) is 38.0 Å². The molecule has 0 saturated carbocycles. The summed E-state index contributed by atoms with van der Waals surface area (Å²) in [6.07, 6.45) is -4.33. The number of aryl methyl sites for hydroxylation is 1. The highest BCUT2D eigenvalue weighted by Gasteiger charge is 2.30. The summed E-state index contributed by atoms with van der Waals surface area (Å²) in [4.78, 5) is 16.5. The second-order valence-corrected chi connectivity index (χ2v) is 7.39. The van der Waals surface area contributed by atoms with E-state index in [0.29, 0.717) is 49.6 Å². The number of carbonyl (C=O) groups excluding carboxylic acids is 1. The van der Waals surface area contributed by atoms with Gasteiger partial charge >= 0.3 is 6.18 Å². The van der Waals surface area contributed by atoms with Crippen LogP contribution < -0.4 is 5.32 Å². The molecule has 1 aromatic carbocycles. The van der Waals surface area contributed by atoms with Gasteiger partial charge in [-0.05, 0) is 31.5 Å². The fourth-order valence-corrected chi connectivity index (χ4v) is 3.38. The summed E-state index contributed by atoms with van der Waals surface area (Å²) in [6.45, 7) is 6.98. The van der Waals surface area contributed by atoms with Gasteiger partial charge in [0.15, 0.2) is 0 Å². The molecule has 160 valence electrons. The van der Waals surface area contributed by atoms with E-state index in [0.717, 1.165) is 17.7 Å². The number of alkyl halides is 3. The molecule has 3 rings (SSSR count). The van der Waals surface area contributed by atoms with Crippen molar-refractivity contribution < 1.29 is 22.4 Å². The third-order valence-electron chi connectivity index (χ3n) is 5.27. The van der Waals surface area contributed by atoms with E-state index in [-0.39, 0.29) is 18.3 Å². The lowest BCUT2D eigenvalue weighted by molar-refractivity contribution is -0.137. The SMILES string of the molecule is Cc1oc(NC(=O)CN2CCN(Cc3ccc(C(F)(F)F)cc3)CC2)c(C#N)c1C. The van der Waals surface area contributed by atoms with Crippen LogP contribution in [-0.4, -0.2) is 48.4 Å². The molecular formula is C21H23F3N4O2. The van der Waals surface area contributed by atoms with Crippen molar-refractivity contribution in [2.24, 2.45) is 0 Å². The van der Waals surface area contributed by atoms with Crippen molar-refractivity contribution in [3.05, 3.63) is 52.3 Å². The van der Waals surface area contributed by atoms with Gasteiger partial charge in [-0.2, -0.15) is 18.4 Å². The van der Waals surface area contributed by atoms with Gasteiger partial charge in [0, 0.05) is 38.3 Å². The summed E-state index contributed by atoms with van der Waals surface area (Å²) < 4.78 is 43.4. The van der Waals surface area contributed by atoms with E-state index in [9.17, 15) is 23.2 Å². The van der Waals surface area contributed by atoms with Crippen LogP contribution in [0.5, 0.6) is 0 Å². The van der Waals surface area contributed by atoms with Gasteiger partial charge in [0.25, 0.3) is 0 Å². The largest absolute Gasteiger partial charge is 0.444 e. The second-order valence-electron chi connectivity index (χ2n) is 7.39. The summed E-state index contributed by atoms with van der Waals surface area (Å²) in [7, 11) is 0. The highest BCUT2D eigenvalue weighted by molar-refractivity contribution is 5.92. The standard InChI is InChI=1S/C21H23F3N4O2/c1-14-15(2)30-20(18(14)11-25)26-19(29)13-28-9-7-27(8-10-28)12-16-3-5-17(6-4-16)21(22,23)24/h3-6H,7-10,12-13H2,1-2H3,(H,26,29). The molecule has 0 spiro atoms. The van der Waals surface area contributed by atoms with Crippen molar-refractivity contribution in [3.8, 4) is 6.07 Å². The van der Waals surface area contributed by atoms with Crippen molar-refractivity contribution in [1.82, 2.24) is 9.80 Å². The number of furan rings is 1. The number of nitrogens with zero attached hydrogens (tertiary/aromatic N) is 3. The Balaban J connectivity index is 1.47. The molecule has 1 saturated heterocycles. The smallest absolute Gasteiger partial charge is 0.416 e. The Morgan fingerprint density at radius 3 is 2.30 bits per heavy atom. The molecule has 0 bridgehead atoms. The third-order valence-corrected chi connectivity index (χ3v) is 5.27. The van der Waals surface area contributed by atoms with E-state index >= 15 is 0 Å². The summed E-state index contributed by atoms with van der Waals surface area (Å²) >= 11 is 0. The molecule has 1 amide bonds. The maximum atomic E-state index is 12.7. The number of nitriles is 1. The molecule has 6 nitrogen and oxygen atoms in total. The Hall–Kier alpha value is -2.83. The Morgan fingerprint density at radius 1 is 1.13 bits per heavy atom. The summed E-state index contributed by atoms with van der Waals surface area (Å²) in [5, 5.41) is 11.9. The highest BCUT2D eigenvalue weighted by atomic mass is 19.4. The van der Waals surface area contributed by atoms with Gasteiger partial charge in [-0.3, -0.25) is 19.9 Å². The zero-order valence-corrected chi connectivity index (χ0v) is 16.8. The Morgan fingerprint density at radius 2 is 1.73 bits per heavy atom. The minimum atomic E-state index is -4.33. The second kappa shape index (κ2) is 8.90. The fraction of sp³-hybridized carbons (Fsp3) is 0.429. The Bertz CT molecular complexity index is 937. The average Bonchev–Trinajstić information content (AvgIpc) is 2.95. The van der Waals surface area contributed by atoms with Gasteiger partial charge in [0.1, 0.15) is 17.4 Å². The maximum Gasteiger partial charge on any atom is 0.416 e. The quantitative estimate of drug-likeness (QED) is 0.801. The number of halogens is 3. The zero-order chi connectivity index (χ0) is 21.9. The van der Waals surface area contributed by atoms with Crippen LogP contribution in [0.15, 0.2) is 28.7 Å². The van der Waals surface area contributed by atoms with Crippen molar-refractivity contribution in [3.63, 3.8) is 0 Å². The number of carbonyl (C=O) groups is 1. The van der Waals surface area contributed by atoms with Crippen LogP contribution in [0, 0.1) is 25.2 Å². The first-order chi connectivity index (χ1) is 14.2. The summed E-state index contributed by atoms with van der Waals surface area (Å²) in [5.74, 6) is 0.522. The molecule has 1 fully saturated rings. The van der Waals surface area contributed by atoms with Crippen molar-refractivity contribution in [2.45, 2.75) is 26.6 Å². The molecule has 0 radical (unpaired) electrons. The summed E-state index contributed by atoms with van der Waals surface area (Å²) in [5.41, 5.74) is 1.22. The fourth-order valence-electron chi connectivity index (χ4n) is 3.38. The zero-order valence-electron chi connectivity index (χ0n) is 16.8. The molecule has 30 heavy (non-hydrogen) atoms. The number of anilines is 1. The monoisotopic (exact) mass is 420 g/mol. The average molecular weight is 420 g/mol. The van der Waals surface area contributed by atoms with Crippen LogP contribution in [0.3, 0.4) is 0 Å². The predicted octanol–water partition coefficient (Wildman–Crippen LogP) is 3.54. The van der Waals surface area contributed by atoms with Crippen LogP contribution in [0.1, 0.15) is 28.0 Å². The first-order valence-corrected chi connectivity index (χ1v) is 9.58. The molecule has 2 heterocycles. The van der Waals surface area contributed by atoms with E-state index in [1.54, 1.807) is 13.8 Å². The topological polar surface area (TPSA) is 72.5 Å². The van der Waals surface area contributed by atoms with Gasteiger partial charge < -0.3 is 4.42 Å². The number of amides is 1. The van der Waals surface area contributed by atoms with Crippen LogP contribution in [0.2, 0.25) is 0 Å². The Labute approximate surface area is 172 Å². The number of hydrogen-bond donors (Lipinski definition) is 1. The molecule has 0 atom stereocenters. The van der Waals surface area contributed by atoms with Crippen LogP contribution in [0.25, 0.3) is 0 Å². The van der Waals surface area contributed by atoms with Crippen LogP contribution in [0.4, 0.5) is 19.1 Å². The van der Waals surface area contributed by atoms with E-state index in [2.05, 4.69) is 10.2 Å². The Kier molecular flexibility index (Phi) is 6.48. The maximum absolute atomic E-state index is 12.7. The van der Waals surface area contributed by atoms with Gasteiger partial charge in [0.2, 0.25) is 11.8 Å². The number of nitrogens with one attached hydrogen (secondary N) is 1. The lowest BCUT2D eigenvalue weighted by atomic mass is 10.1. The minimum Gasteiger partial charge on any atom is -0.444 e. The molecule has 1 aliphatic heterocycles. The lowest BCUT2D eigenvalue weighted by Gasteiger charge is -2.34. The van der Waals surface area contributed by atoms with E-state index in [1.165, 1.54) is 12.1 Å². The molecule has 2 aromatic rings. The van der Waals surface area contributed by atoms with E-state index in [4.69, 9.17) is 4.42 Å². The van der Waals surface area contributed by atoms with Crippen molar-refractivity contribution in [1.29, 1.82) is 5.26 Å². The number of hydrogen-bond acceptors (Lipinski definition) is 5. The minimum absolute atomic E-state index is 0.178. The summed E-state index contributed by atoms with van der Waals surface area (Å²) in [6, 6.07) is 7.25. The molecule has 0 unspecified atom stereocenters. The normalized spacial score (nSPS) is 15.7. The first-order valence-electron chi connectivity index (χ1n) is 9.58. The van der Waals surface area contributed by atoms with Crippen LogP contribution in [-0.2, 0) is 17.5 Å². The van der Waals surface area contributed by atoms with Gasteiger partial charge in [0.05, 0.1) is 12.1 Å².